The van der Waals surface area contributed by atoms with Crippen molar-refractivity contribution in [1.82, 2.24) is 9.97 Å². The Morgan fingerprint density at radius 1 is 1.33 bits per heavy atom. The molecule has 2 aromatic heterocycles. The summed E-state index contributed by atoms with van der Waals surface area (Å²) in [7, 11) is 0. The normalized spacial score (nSPS) is 10.5. The fourth-order valence-electron chi connectivity index (χ4n) is 1.36. The minimum atomic E-state index is 0.303. The van der Waals surface area contributed by atoms with Crippen molar-refractivity contribution < 1.29 is 13.9 Å². The number of rotatable bonds is 6. The van der Waals surface area contributed by atoms with Crippen LogP contribution in [-0.4, -0.2) is 16.6 Å². The van der Waals surface area contributed by atoms with Crippen molar-refractivity contribution in [2.45, 2.75) is 20.1 Å². The maximum Gasteiger partial charge on any atom is 0.219 e. The Balaban J connectivity index is 2.00. The van der Waals surface area contributed by atoms with Crippen LogP contribution in [-0.2, 0) is 18.0 Å². The van der Waals surface area contributed by atoms with Crippen LogP contribution in [0.3, 0.4) is 0 Å². The molecule has 0 saturated heterocycles. The average molecular weight is 249 g/mol. The summed E-state index contributed by atoms with van der Waals surface area (Å²) in [6.07, 6.45) is 1.59. The molecular weight excluding hydrogens is 234 g/mol. The lowest BCUT2D eigenvalue weighted by Gasteiger charge is -2.06. The van der Waals surface area contributed by atoms with Gasteiger partial charge < -0.3 is 19.6 Å². The van der Waals surface area contributed by atoms with Crippen LogP contribution in [0.2, 0.25) is 0 Å². The van der Waals surface area contributed by atoms with Gasteiger partial charge >= 0.3 is 0 Å². The van der Waals surface area contributed by atoms with Gasteiger partial charge in [0.25, 0.3) is 0 Å². The van der Waals surface area contributed by atoms with E-state index in [0.29, 0.717) is 37.3 Å². The van der Waals surface area contributed by atoms with Crippen molar-refractivity contribution >= 4 is 5.82 Å². The Kier molecular flexibility index (Phi) is 4.14. The van der Waals surface area contributed by atoms with E-state index in [1.54, 1.807) is 18.4 Å². The Bertz CT molecular complexity index is 485. The molecular formula is C12H15N3O3. The Labute approximate surface area is 105 Å². The van der Waals surface area contributed by atoms with Crippen molar-refractivity contribution in [2.24, 2.45) is 0 Å². The second kappa shape index (κ2) is 6.02. The summed E-state index contributed by atoms with van der Waals surface area (Å²) >= 11 is 0. The summed E-state index contributed by atoms with van der Waals surface area (Å²) in [6.45, 7) is 3.12. The van der Waals surface area contributed by atoms with Crippen molar-refractivity contribution in [2.75, 3.05) is 12.3 Å². The molecule has 2 aromatic rings. The van der Waals surface area contributed by atoms with Crippen LogP contribution in [0, 0.1) is 0 Å². The molecule has 0 aliphatic carbocycles. The standard InChI is InChI=1S/C12H15N3O3/c1-2-16-8-11-14-10(13)6-12(15-11)18-7-9-4-3-5-17-9/h3-6H,2,7-8H2,1H3,(H2,13,14,15). The van der Waals surface area contributed by atoms with Gasteiger partial charge in [-0.15, -0.1) is 0 Å². The first-order valence-corrected chi connectivity index (χ1v) is 5.64. The van der Waals surface area contributed by atoms with Gasteiger partial charge in [0.2, 0.25) is 5.88 Å². The van der Waals surface area contributed by atoms with E-state index in [1.807, 2.05) is 13.0 Å². The van der Waals surface area contributed by atoms with Gasteiger partial charge in [-0.1, -0.05) is 0 Å². The summed E-state index contributed by atoms with van der Waals surface area (Å²) < 4.78 is 15.9. The van der Waals surface area contributed by atoms with Crippen molar-refractivity contribution in [3.05, 3.63) is 36.0 Å². The van der Waals surface area contributed by atoms with Crippen LogP contribution >= 0.6 is 0 Å². The van der Waals surface area contributed by atoms with Crippen LogP contribution in [0.5, 0.6) is 5.88 Å². The minimum Gasteiger partial charge on any atom is -0.469 e. The number of nitrogens with zero attached hydrogens (tertiary/aromatic N) is 2. The summed E-state index contributed by atoms with van der Waals surface area (Å²) in [4.78, 5) is 8.25. The van der Waals surface area contributed by atoms with E-state index in [4.69, 9.17) is 19.6 Å². The minimum absolute atomic E-state index is 0.303. The van der Waals surface area contributed by atoms with Gasteiger partial charge in [-0.05, 0) is 19.1 Å². The molecule has 0 fully saturated rings. The Morgan fingerprint density at radius 2 is 2.22 bits per heavy atom. The van der Waals surface area contributed by atoms with Crippen molar-refractivity contribution in [3.63, 3.8) is 0 Å². The van der Waals surface area contributed by atoms with Gasteiger partial charge in [0.05, 0.1) is 6.26 Å². The maximum atomic E-state index is 5.67. The molecule has 0 bridgehead atoms. The predicted octanol–water partition coefficient (Wildman–Crippen LogP) is 1.77. The lowest BCUT2D eigenvalue weighted by molar-refractivity contribution is 0.127. The smallest absolute Gasteiger partial charge is 0.219 e. The highest BCUT2D eigenvalue weighted by Crippen LogP contribution is 2.13. The molecule has 6 heteroatoms. The number of nitrogen functional groups attached to an aromatic ring is 1. The molecule has 0 saturated carbocycles. The molecule has 6 nitrogen and oxygen atoms in total. The molecule has 0 radical (unpaired) electrons. The van der Waals surface area contributed by atoms with E-state index in [-0.39, 0.29) is 0 Å². The molecule has 0 aliphatic heterocycles. The fraction of sp³-hybridized carbons (Fsp3) is 0.333. The number of hydrogen-bond donors (Lipinski definition) is 1. The highest BCUT2D eigenvalue weighted by Gasteiger charge is 2.05. The van der Waals surface area contributed by atoms with E-state index in [0.717, 1.165) is 5.76 Å². The van der Waals surface area contributed by atoms with Gasteiger partial charge in [0.1, 0.15) is 24.8 Å². The third kappa shape index (κ3) is 3.46. The number of aromatic nitrogens is 2. The van der Waals surface area contributed by atoms with Crippen LogP contribution in [0.4, 0.5) is 5.82 Å². The molecule has 2 rings (SSSR count). The van der Waals surface area contributed by atoms with E-state index < -0.39 is 0 Å². The van der Waals surface area contributed by atoms with Crippen molar-refractivity contribution in [3.8, 4) is 5.88 Å². The molecule has 96 valence electrons. The summed E-state index contributed by atoms with van der Waals surface area (Å²) in [6, 6.07) is 5.19. The van der Waals surface area contributed by atoms with Gasteiger partial charge in [-0.25, -0.2) is 4.98 Å². The zero-order valence-corrected chi connectivity index (χ0v) is 10.1. The Morgan fingerprint density at radius 3 is 2.94 bits per heavy atom. The first-order valence-electron chi connectivity index (χ1n) is 5.64. The van der Waals surface area contributed by atoms with Crippen LogP contribution in [0.1, 0.15) is 18.5 Å². The fourth-order valence-corrected chi connectivity index (χ4v) is 1.36. The summed E-state index contributed by atoms with van der Waals surface area (Å²) in [5, 5.41) is 0. The first kappa shape index (κ1) is 12.4. The average Bonchev–Trinajstić information content (AvgIpc) is 2.86. The topological polar surface area (TPSA) is 83.4 Å². The number of hydrogen-bond acceptors (Lipinski definition) is 6. The molecule has 0 atom stereocenters. The lowest BCUT2D eigenvalue weighted by Crippen LogP contribution is -2.05. The van der Waals surface area contributed by atoms with E-state index in [1.165, 1.54) is 0 Å². The third-order valence-corrected chi connectivity index (χ3v) is 2.15. The molecule has 0 aromatic carbocycles. The molecule has 0 amide bonds. The molecule has 0 aliphatic rings. The largest absolute Gasteiger partial charge is 0.469 e. The van der Waals surface area contributed by atoms with E-state index in [2.05, 4.69) is 9.97 Å². The molecule has 2 N–H and O–H groups in total. The lowest BCUT2D eigenvalue weighted by atomic mass is 10.5. The number of ether oxygens (including phenoxy) is 2. The zero-order chi connectivity index (χ0) is 12.8. The third-order valence-electron chi connectivity index (χ3n) is 2.15. The van der Waals surface area contributed by atoms with Gasteiger partial charge in [-0.3, -0.25) is 0 Å². The molecule has 18 heavy (non-hydrogen) atoms. The maximum absolute atomic E-state index is 5.67. The van der Waals surface area contributed by atoms with E-state index in [9.17, 15) is 0 Å². The first-order chi connectivity index (χ1) is 8.78. The number of furan rings is 1. The zero-order valence-electron chi connectivity index (χ0n) is 10.1. The SMILES string of the molecule is CCOCc1nc(N)cc(OCc2ccco2)n1. The predicted molar refractivity (Wildman–Crippen MR) is 64.8 cm³/mol. The highest BCUT2D eigenvalue weighted by molar-refractivity contribution is 5.32. The quantitative estimate of drug-likeness (QED) is 0.839. The van der Waals surface area contributed by atoms with Gasteiger partial charge in [0, 0.05) is 12.7 Å². The molecule has 0 spiro atoms. The van der Waals surface area contributed by atoms with Crippen LogP contribution in [0.15, 0.2) is 28.9 Å². The van der Waals surface area contributed by atoms with E-state index >= 15 is 0 Å². The second-order valence-electron chi connectivity index (χ2n) is 3.55. The van der Waals surface area contributed by atoms with Crippen LogP contribution in [0.25, 0.3) is 0 Å². The van der Waals surface area contributed by atoms with Crippen molar-refractivity contribution in [1.29, 1.82) is 0 Å². The number of nitrogens with two attached hydrogens (primary N) is 1. The summed E-state index contributed by atoms with van der Waals surface area (Å²) in [5.74, 6) is 1.99. The van der Waals surface area contributed by atoms with Gasteiger partial charge in [0.15, 0.2) is 5.82 Å². The second-order valence-corrected chi connectivity index (χ2v) is 3.55. The Hall–Kier alpha value is -2.08. The molecule has 0 unspecified atom stereocenters. The summed E-state index contributed by atoms with van der Waals surface area (Å²) in [5.41, 5.74) is 5.67. The van der Waals surface area contributed by atoms with Crippen LogP contribution < -0.4 is 10.5 Å². The van der Waals surface area contributed by atoms with Gasteiger partial charge in [-0.2, -0.15) is 4.98 Å². The number of anilines is 1. The monoisotopic (exact) mass is 249 g/mol. The molecule has 2 heterocycles. The highest BCUT2D eigenvalue weighted by atomic mass is 16.5.